The van der Waals surface area contributed by atoms with Gasteiger partial charge >= 0.3 is 0 Å². The zero-order valence-electron chi connectivity index (χ0n) is 10.7. The Morgan fingerprint density at radius 1 is 1.24 bits per heavy atom. The lowest BCUT2D eigenvalue weighted by Gasteiger charge is -2.26. The average molecular weight is 242 g/mol. The Hall–Kier alpha value is -0.940. The summed E-state index contributed by atoms with van der Waals surface area (Å²) in [5.74, 6) is -0.446. The molecular formula is C12H22N2O3. The van der Waals surface area contributed by atoms with Gasteiger partial charge in [0, 0.05) is 6.54 Å². The summed E-state index contributed by atoms with van der Waals surface area (Å²) in [6.45, 7) is 5.46. The van der Waals surface area contributed by atoms with Crippen LogP contribution in [0.5, 0.6) is 0 Å². The topological polar surface area (TPSA) is 72.6 Å². The lowest BCUT2D eigenvalue weighted by molar-refractivity contribution is -0.158. The highest BCUT2D eigenvalue weighted by Crippen LogP contribution is 2.21. The molecule has 1 aliphatic heterocycles. The minimum Gasteiger partial charge on any atom is -0.362 e. The number of nitrogens with zero attached hydrogens (tertiary/aromatic N) is 1. The summed E-state index contributed by atoms with van der Waals surface area (Å²) in [5.41, 5.74) is 5.78. The number of rotatable bonds is 6. The number of imide groups is 1. The van der Waals surface area contributed by atoms with Crippen LogP contribution in [0.15, 0.2) is 0 Å². The van der Waals surface area contributed by atoms with Gasteiger partial charge in [0.25, 0.3) is 11.8 Å². The number of carbonyl (C=O) groups is 2. The first-order valence-electron chi connectivity index (χ1n) is 6.07. The minimum atomic E-state index is -0.223. The molecule has 1 saturated heterocycles. The molecular weight excluding hydrogens is 220 g/mol. The van der Waals surface area contributed by atoms with Crippen molar-refractivity contribution < 1.29 is 14.3 Å². The van der Waals surface area contributed by atoms with Crippen LogP contribution in [-0.4, -0.2) is 43.0 Å². The fraction of sp³-hybridized carbons (Fsp3) is 0.833. The Kier molecular flexibility index (Phi) is 5.08. The standard InChI is InChI=1S/C12H22N2O3/c1-12(2,9-13)5-3-4-6-14-10(15)7-17-8-11(14)16/h3-9,13H2,1-2H3. The van der Waals surface area contributed by atoms with Crippen molar-refractivity contribution in [2.45, 2.75) is 33.1 Å². The van der Waals surface area contributed by atoms with Gasteiger partial charge in [-0.1, -0.05) is 20.3 Å². The van der Waals surface area contributed by atoms with E-state index in [1.807, 2.05) is 0 Å². The largest absolute Gasteiger partial charge is 0.362 e. The maximum atomic E-state index is 11.4. The third kappa shape index (κ3) is 4.44. The van der Waals surface area contributed by atoms with Crippen LogP contribution >= 0.6 is 0 Å². The van der Waals surface area contributed by atoms with Crippen molar-refractivity contribution in [3.63, 3.8) is 0 Å². The summed E-state index contributed by atoms with van der Waals surface area (Å²) in [4.78, 5) is 24.1. The molecule has 0 spiro atoms. The molecule has 0 bridgehead atoms. The Bertz CT molecular complexity index is 273. The summed E-state index contributed by atoms with van der Waals surface area (Å²) in [6.07, 6.45) is 2.82. The molecule has 2 N–H and O–H groups in total. The van der Waals surface area contributed by atoms with E-state index < -0.39 is 0 Å². The quantitative estimate of drug-likeness (QED) is 0.544. The van der Waals surface area contributed by atoms with Crippen molar-refractivity contribution in [2.75, 3.05) is 26.3 Å². The molecule has 1 heterocycles. The second kappa shape index (κ2) is 6.12. The number of hydrogen-bond acceptors (Lipinski definition) is 4. The van der Waals surface area contributed by atoms with E-state index in [2.05, 4.69) is 13.8 Å². The molecule has 0 radical (unpaired) electrons. The van der Waals surface area contributed by atoms with E-state index in [9.17, 15) is 9.59 Å². The van der Waals surface area contributed by atoms with Crippen LogP contribution in [0.2, 0.25) is 0 Å². The fourth-order valence-corrected chi connectivity index (χ4v) is 1.75. The summed E-state index contributed by atoms with van der Waals surface area (Å²) in [6, 6.07) is 0. The molecule has 0 aromatic heterocycles. The number of amides is 2. The molecule has 98 valence electrons. The molecule has 0 aromatic carbocycles. The zero-order chi connectivity index (χ0) is 12.9. The molecule has 1 aliphatic rings. The molecule has 0 aromatic rings. The highest BCUT2D eigenvalue weighted by atomic mass is 16.5. The molecule has 0 saturated carbocycles. The van der Waals surface area contributed by atoms with Gasteiger partial charge in [0.05, 0.1) is 0 Å². The smallest absolute Gasteiger partial charge is 0.255 e. The second-order valence-electron chi connectivity index (χ2n) is 5.26. The van der Waals surface area contributed by atoms with Crippen LogP contribution in [0.1, 0.15) is 33.1 Å². The summed E-state index contributed by atoms with van der Waals surface area (Å²) >= 11 is 0. The molecule has 0 unspecified atom stereocenters. The van der Waals surface area contributed by atoms with E-state index in [0.717, 1.165) is 19.3 Å². The first kappa shape index (κ1) is 14.1. The van der Waals surface area contributed by atoms with E-state index in [1.165, 1.54) is 4.90 Å². The van der Waals surface area contributed by atoms with Gasteiger partial charge in [0.15, 0.2) is 0 Å². The maximum absolute atomic E-state index is 11.4. The van der Waals surface area contributed by atoms with Crippen LogP contribution in [0.4, 0.5) is 0 Å². The molecule has 1 rings (SSSR count). The van der Waals surface area contributed by atoms with Crippen LogP contribution in [0, 0.1) is 5.41 Å². The maximum Gasteiger partial charge on any atom is 0.255 e. The first-order valence-corrected chi connectivity index (χ1v) is 6.07. The van der Waals surface area contributed by atoms with Gasteiger partial charge in [0.1, 0.15) is 13.2 Å². The van der Waals surface area contributed by atoms with Gasteiger partial charge in [-0.15, -0.1) is 0 Å². The molecule has 1 fully saturated rings. The second-order valence-corrected chi connectivity index (χ2v) is 5.26. The SMILES string of the molecule is CC(C)(CN)CCCCN1C(=O)COCC1=O. The predicted molar refractivity (Wildman–Crippen MR) is 64.2 cm³/mol. The average Bonchev–Trinajstić information content (AvgIpc) is 2.27. The van der Waals surface area contributed by atoms with Crippen molar-refractivity contribution in [1.82, 2.24) is 4.90 Å². The molecule has 17 heavy (non-hydrogen) atoms. The van der Waals surface area contributed by atoms with Crippen molar-refractivity contribution in [2.24, 2.45) is 11.1 Å². The number of carbonyl (C=O) groups excluding carboxylic acids is 2. The van der Waals surface area contributed by atoms with Crippen molar-refractivity contribution in [3.8, 4) is 0 Å². The van der Waals surface area contributed by atoms with E-state index in [4.69, 9.17) is 10.5 Å². The molecule has 0 atom stereocenters. The van der Waals surface area contributed by atoms with E-state index in [0.29, 0.717) is 13.1 Å². The Balaban J connectivity index is 2.26. The van der Waals surface area contributed by atoms with Gasteiger partial charge in [0.2, 0.25) is 0 Å². The zero-order valence-corrected chi connectivity index (χ0v) is 10.7. The number of unbranched alkanes of at least 4 members (excludes halogenated alkanes) is 1. The van der Waals surface area contributed by atoms with E-state index >= 15 is 0 Å². The Morgan fingerprint density at radius 3 is 2.35 bits per heavy atom. The van der Waals surface area contributed by atoms with E-state index in [1.54, 1.807) is 0 Å². The van der Waals surface area contributed by atoms with Crippen LogP contribution < -0.4 is 5.73 Å². The Labute approximate surface area is 102 Å². The van der Waals surface area contributed by atoms with Crippen molar-refractivity contribution >= 4 is 11.8 Å². The summed E-state index contributed by atoms with van der Waals surface area (Å²) < 4.78 is 4.84. The summed E-state index contributed by atoms with van der Waals surface area (Å²) in [7, 11) is 0. The van der Waals surface area contributed by atoms with Crippen molar-refractivity contribution in [1.29, 1.82) is 0 Å². The van der Waals surface area contributed by atoms with Crippen LogP contribution in [0.25, 0.3) is 0 Å². The van der Waals surface area contributed by atoms with Gasteiger partial charge in [-0.2, -0.15) is 0 Å². The third-order valence-corrected chi connectivity index (χ3v) is 3.09. The molecule has 2 amide bonds. The normalized spacial score (nSPS) is 17.7. The number of hydrogen-bond donors (Lipinski definition) is 1. The third-order valence-electron chi connectivity index (χ3n) is 3.09. The minimum absolute atomic E-state index is 0.0278. The number of nitrogens with two attached hydrogens (primary N) is 1. The lowest BCUT2D eigenvalue weighted by Crippen LogP contribution is -2.46. The number of ether oxygens (including phenoxy) is 1. The molecule has 5 nitrogen and oxygen atoms in total. The highest BCUT2D eigenvalue weighted by molar-refractivity contribution is 5.98. The number of morpholine rings is 1. The fourth-order valence-electron chi connectivity index (χ4n) is 1.75. The van der Waals surface area contributed by atoms with Crippen LogP contribution in [0.3, 0.4) is 0 Å². The van der Waals surface area contributed by atoms with E-state index in [-0.39, 0.29) is 30.4 Å². The highest BCUT2D eigenvalue weighted by Gasteiger charge is 2.26. The van der Waals surface area contributed by atoms with Gasteiger partial charge < -0.3 is 10.5 Å². The van der Waals surface area contributed by atoms with Crippen LogP contribution in [-0.2, 0) is 14.3 Å². The van der Waals surface area contributed by atoms with Crippen molar-refractivity contribution in [3.05, 3.63) is 0 Å². The monoisotopic (exact) mass is 242 g/mol. The molecule has 5 heteroatoms. The Morgan fingerprint density at radius 2 is 1.82 bits per heavy atom. The predicted octanol–water partition coefficient (Wildman–Crippen LogP) is 0.527. The molecule has 0 aliphatic carbocycles. The lowest BCUT2D eigenvalue weighted by atomic mass is 9.87. The van der Waals surface area contributed by atoms with Gasteiger partial charge in [-0.05, 0) is 24.8 Å². The summed E-state index contributed by atoms with van der Waals surface area (Å²) in [5, 5.41) is 0. The van der Waals surface area contributed by atoms with Gasteiger partial charge in [-0.25, -0.2) is 0 Å². The van der Waals surface area contributed by atoms with Gasteiger partial charge in [-0.3, -0.25) is 14.5 Å². The first-order chi connectivity index (χ1) is 7.96.